The van der Waals surface area contributed by atoms with Crippen LogP contribution in [0.4, 0.5) is 18.9 Å². The fourth-order valence-corrected chi connectivity index (χ4v) is 2.46. The van der Waals surface area contributed by atoms with Crippen molar-refractivity contribution in [3.63, 3.8) is 0 Å². The molecule has 0 saturated heterocycles. The van der Waals surface area contributed by atoms with Crippen LogP contribution in [0.25, 0.3) is 0 Å². The van der Waals surface area contributed by atoms with E-state index in [-0.39, 0.29) is 18.0 Å². The Morgan fingerprint density at radius 3 is 2.46 bits per heavy atom. The van der Waals surface area contributed by atoms with E-state index < -0.39 is 22.7 Å². The number of carbonyl (C=O) groups excluding carboxylic acids is 1. The lowest BCUT2D eigenvalue weighted by molar-refractivity contribution is -0.384. The minimum atomic E-state index is -4.39. The van der Waals surface area contributed by atoms with Crippen LogP contribution in [0.5, 0.6) is 0 Å². The number of halogens is 3. The Morgan fingerprint density at radius 1 is 1.27 bits per heavy atom. The highest BCUT2D eigenvalue weighted by molar-refractivity contribution is 5.76. The molecule has 0 bridgehead atoms. The van der Waals surface area contributed by atoms with Crippen molar-refractivity contribution in [2.45, 2.75) is 38.5 Å². The van der Waals surface area contributed by atoms with E-state index in [4.69, 9.17) is 0 Å². The number of benzene rings is 1. The average Bonchev–Trinajstić information content (AvgIpc) is 3.03. The predicted octanol–water partition coefficient (Wildman–Crippen LogP) is 4.07. The van der Waals surface area contributed by atoms with Gasteiger partial charge in [0.25, 0.3) is 5.69 Å². The van der Waals surface area contributed by atoms with E-state index in [0.717, 1.165) is 12.1 Å². The first-order valence-electron chi connectivity index (χ1n) is 7.93. The lowest BCUT2D eigenvalue weighted by Crippen LogP contribution is -2.26. The Balaban J connectivity index is 1.80. The number of amides is 1. The molecule has 26 heavy (non-hydrogen) atoms. The smallest absolute Gasteiger partial charge is 0.350 e. The first kappa shape index (κ1) is 19.5. The summed E-state index contributed by atoms with van der Waals surface area (Å²) in [6, 6.07) is 5.61. The summed E-state index contributed by atoms with van der Waals surface area (Å²) >= 11 is 0. The zero-order valence-corrected chi connectivity index (χ0v) is 14.0. The van der Waals surface area contributed by atoms with Crippen LogP contribution in [-0.2, 0) is 17.5 Å². The van der Waals surface area contributed by atoms with Gasteiger partial charge in [0.05, 0.1) is 22.7 Å². The number of nitrogens with one attached hydrogen (secondary N) is 1. The average molecular weight is 369 g/mol. The molecule has 1 atom stereocenters. The molecule has 1 amide bonds. The van der Waals surface area contributed by atoms with E-state index in [2.05, 4.69) is 5.32 Å². The van der Waals surface area contributed by atoms with Crippen molar-refractivity contribution in [3.05, 3.63) is 64.0 Å². The van der Waals surface area contributed by atoms with Crippen molar-refractivity contribution in [2.24, 2.45) is 0 Å². The van der Waals surface area contributed by atoms with E-state index in [1.165, 1.54) is 24.4 Å². The quantitative estimate of drug-likeness (QED) is 0.590. The lowest BCUT2D eigenvalue weighted by Gasteiger charge is -2.15. The summed E-state index contributed by atoms with van der Waals surface area (Å²) in [6.07, 6.45) is -0.740. The van der Waals surface area contributed by atoms with E-state index in [1.807, 2.05) is 0 Å². The number of aromatic nitrogens is 1. The van der Waals surface area contributed by atoms with Gasteiger partial charge >= 0.3 is 6.18 Å². The van der Waals surface area contributed by atoms with Crippen molar-refractivity contribution in [1.29, 1.82) is 0 Å². The zero-order chi connectivity index (χ0) is 19.3. The van der Waals surface area contributed by atoms with Crippen LogP contribution in [-0.4, -0.2) is 15.4 Å². The van der Waals surface area contributed by atoms with Gasteiger partial charge in [0.2, 0.25) is 5.91 Å². The molecule has 0 aliphatic heterocycles. The SMILES string of the molecule is CC(NC(=O)CCCn1ccc([N+](=O)[O-])c1)c1ccc(C(F)(F)F)cc1. The second kappa shape index (κ2) is 8.03. The Morgan fingerprint density at radius 2 is 1.92 bits per heavy atom. The molecule has 140 valence electrons. The number of aryl methyl sites for hydroxylation is 1. The van der Waals surface area contributed by atoms with Crippen LogP contribution < -0.4 is 5.32 Å². The number of hydrogen-bond donors (Lipinski definition) is 1. The summed E-state index contributed by atoms with van der Waals surface area (Å²) < 4.78 is 39.3. The van der Waals surface area contributed by atoms with Crippen molar-refractivity contribution >= 4 is 11.6 Å². The maximum absolute atomic E-state index is 12.5. The minimum absolute atomic E-state index is 0.00891. The molecule has 1 N–H and O–H groups in total. The molecule has 0 saturated carbocycles. The first-order chi connectivity index (χ1) is 12.2. The van der Waals surface area contributed by atoms with Gasteiger partial charge in [-0.2, -0.15) is 13.2 Å². The van der Waals surface area contributed by atoms with Gasteiger partial charge in [0.1, 0.15) is 0 Å². The van der Waals surface area contributed by atoms with Crippen LogP contribution in [0, 0.1) is 10.1 Å². The molecule has 1 aromatic heterocycles. The lowest BCUT2D eigenvalue weighted by atomic mass is 10.1. The topological polar surface area (TPSA) is 77.2 Å². The van der Waals surface area contributed by atoms with Crippen LogP contribution in [0.3, 0.4) is 0 Å². The van der Waals surface area contributed by atoms with E-state index >= 15 is 0 Å². The maximum Gasteiger partial charge on any atom is 0.416 e. The third-order valence-corrected chi connectivity index (χ3v) is 3.88. The molecule has 1 unspecified atom stereocenters. The van der Waals surface area contributed by atoms with E-state index in [0.29, 0.717) is 18.5 Å². The molecule has 0 fully saturated rings. The summed E-state index contributed by atoms with van der Waals surface area (Å²) in [6.45, 7) is 2.14. The van der Waals surface area contributed by atoms with Crippen LogP contribution in [0.2, 0.25) is 0 Å². The van der Waals surface area contributed by atoms with Gasteiger partial charge in [-0.05, 0) is 31.0 Å². The summed E-state index contributed by atoms with van der Waals surface area (Å²) in [5.41, 5.74) is -0.168. The van der Waals surface area contributed by atoms with Gasteiger partial charge < -0.3 is 9.88 Å². The van der Waals surface area contributed by atoms with Gasteiger partial charge in [0, 0.05) is 25.2 Å². The Labute approximate surface area is 147 Å². The van der Waals surface area contributed by atoms with Crippen LogP contribution >= 0.6 is 0 Å². The zero-order valence-electron chi connectivity index (χ0n) is 14.0. The summed E-state index contributed by atoms with van der Waals surface area (Å²) in [7, 11) is 0. The molecule has 1 aromatic carbocycles. The summed E-state index contributed by atoms with van der Waals surface area (Å²) in [5.74, 6) is -0.237. The van der Waals surface area contributed by atoms with E-state index in [1.54, 1.807) is 17.7 Å². The number of hydrogen-bond acceptors (Lipinski definition) is 3. The maximum atomic E-state index is 12.5. The second-order valence-corrected chi connectivity index (χ2v) is 5.88. The predicted molar refractivity (Wildman–Crippen MR) is 88.3 cm³/mol. The largest absolute Gasteiger partial charge is 0.416 e. The second-order valence-electron chi connectivity index (χ2n) is 5.88. The highest BCUT2D eigenvalue weighted by Crippen LogP contribution is 2.29. The van der Waals surface area contributed by atoms with Gasteiger partial charge in [0.15, 0.2) is 0 Å². The fraction of sp³-hybridized carbons (Fsp3) is 0.353. The molecule has 0 aliphatic rings. The number of rotatable bonds is 7. The molecule has 0 radical (unpaired) electrons. The highest BCUT2D eigenvalue weighted by Gasteiger charge is 2.30. The molecule has 0 aliphatic carbocycles. The number of carbonyl (C=O) groups is 1. The molecule has 1 heterocycles. The Kier molecular flexibility index (Phi) is 6.01. The number of nitro groups is 1. The van der Waals surface area contributed by atoms with Gasteiger partial charge in [-0.15, -0.1) is 0 Å². The van der Waals surface area contributed by atoms with Crippen molar-refractivity contribution in [3.8, 4) is 0 Å². The highest BCUT2D eigenvalue weighted by atomic mass is 19.4. The summed E-state index contributed by atoms with van der Waals surface area (Å²) in [5, 5.41) is 13.3. The molecule has 6 nitrogen and oxygen atoms in total. The standard InChI is InChI=1S/C17H18F3N3O3/c1-12(13-4-6-14(7-5-13)17(18,19)20)21-16(24)3-2-9-22-10-8-15(11-22)23(25)26/h4-8,10-12H,2-3,9H2,1H3,(H,21,24). The molecule has 9 heteroatoms. The first-order valence-corrected chi connectivity index (χ1v) is 7.93. The number of nitrogens with zero attached hydrogens (tertiary/aromatic N) is 2. The van der Waals surface area contributed by atoms with Gasteiger partial charge in [-0.25, -0.2) is 0 Å². The number of alkyl halides is 3. The van der Waals surface area contributed by atoms with Gasteiger partial charge in [-0.3, -0.25) is 14.9 Å². The normalized spacial score (nSPS) is 12.6. The molecule has 2 aromatic rings. The molecular weight excluding hydrogens is 351 g/mol. The van der Waals surface area contributed by atoms with Crippen molar-refractivity contribution < 1.29 is 22.9 Å². The minimum Gasteiger partial charge on any atom is -0.350 e. The fourth-order valence-electron chi connectivity index (χ4n) is 2.46. The van der Waals surface area contributed by atoms with Crippen LogP contribution in [0.1, 0.15) is 36.9 Å². The summed E-state index contributed by atoms with van der Waals surface area (Å²) in [4.78, 5) is 22.1. The van der Waals surface area contributed by atoms with Crippen molar-refractivity contribution in [1.82, 2.24) is 9.88 Å². The molecule has 2 rings (SSSR count). The van der Waals surface area contributed by atoms with E-state index in [9.17, 15) is 28.1 Å². The Hall–Kier alpha value is -2.84. The van der Waals surface area contributed by atoms with Crippen LogP contribution in [0.15, 0.2) is 42.7 Å². The van der Waals surface area contributed by atoms with Gasteiger partial charge in [-0.1, -0.05) is 12.1 Å². The molecular formula is C17H18F3N3O3. The molecule has 0 spiro atoms. The van der Waals surface area contributed by atoms with Crippen molar-refractivity contribution in [2.75, 3.05) is 0 Å². The third-order valence-electron chi connectivity index (χ3n) is 3.88. The monoisotopic (exact) mass is 369 g/mol. The third kappa shape index (κ3) is 5.33. The Bertz CT molecular complexity index is 770.